The number of rotatable bonds is 8. The SMILES string of the molecule is C[C@H]1CN([C@@H](C)CO)C(=O)c2cccc(NC(=O)Nc3ccccc3)c2O[C@H]1CN(C)S(=O)(=O)c1cn(C)cn1. The Bertz CT molecular complexity index is 1460. The van der Waals surface area contributed by atoms with E-state index in [1.165, 1.54) is 19.6 Å². The number of imidazole rings is 1. The molecule has 0 fully saturated rings. The molecule has 0 bridgehead atoms. The van der Waals surface area contributed by atoms with Gasteiger partial charge < -0.3 is 29.9 Å². The summed E-state index contributed by atoms with van der Waals surface area (Å²) in [6.45, 7) is 3.48. The molecule has 3 amide bonds. The molecule has 0 unspecified atom stereocenters. The van der Waals surface area contributed by atoms with Gasteiger partial charge in [0.15, 0.2) is 10.8 Å². The molecule has 0 radical (unpaired) electrons. The summed E-state index contributed by atoms with van der Waals surface area (Å²) in [5.74, 6) is -0.604. The van der Waals surface area contributed by atoms with E-state index < -0.39 is 28.2 Å². The number of fused-ring (bicyclic) bond motifs is 1. The first-order chi connectivity index (χ1) is 19.0. The predicted octanol–water partition coefficient (Wildman–Crippen LogP) is 2.60. The molecule has 4 rings (SSSR count). The predicted molar refractivity (Wildman–Crippen MR) is 150 cm³/mol. The Morgan fingerprint density at radius 2 is 1.93 bits per heavy atom. The van der Waals surface area contributed by atoms with E-state index in [-0.39, 0.29) is 53.5 Å². The molecular weight excluding hydrogens is 536 g/mol. The van der Waals surface area contributed by atoms with E-state index in [0.717, 1.165) is 4.31 Å². The number of amides is 3. The van der Waals surface area contributed by atoms with Gasteiger partial charge in [-0.3, -0.25) is 4.79 Å². The van der Waals surface area contributed by atoms with E-state index in [0.29, 0.717) is 5.69 Å². The van der Waals surface area contributed by atoms with Gasteiger partial charge in [0.25, 0.3) is 15.9 Å². The van der Waals surface area contributed by atoms with E-state index in [9.17, 15) is 23.1 Å². The van der Waals surface area contributed by atoms with Crippen molar-refractivity contribution in [1.82, 2.24) is 18.8 Å². The second-order valence-corrected chi connectivity index (χ2v) is 11.9. The molecule has 2 aromatic carbocycles. The van der Waals surface area contributed by atoms with Crippen molar-refractivity contribution < 1.29 is 27.9 Å². The van der Waals surface area contributed by atoms with Crippen LogP contribution in [-0.2, 0) is 17.1 Å². The van der Waals surface area contributed by atoms with Crippen molar-refractivity contribution in [3.8, 4) is 5.75 Å². The van der Waals surface area contributed by atoms with Gasteiger partial charge in [-0.2, -0.15) is 4.31 Å². The minimum absolute atomic E-state index is 0.0560. The number of para-hydroxylation sites is 2. The van der Waals surface area contributed by atoms with Gasteiger partial charge in [-0.15, -0.1) is 0 Å². The Labute approximate surface area is 233 Å². The van der Waals surface area contributed by atoms with E-state index in [2.05, 4.69) is 15.6 Å². The number of aryl methyl sites for hydroxylation is 1. The van der Waals surface area contributed by atoms with Crippen LogP contribution in [0.25, 0.3) is 0 Å². The number of ether oxygens (including phenoxy) is 1. The van der Waals surface area contributed by atoms with Crippen LogP contribution in [0.1, 0.15) is 24.2 Å². The molecule has 12 nitrogen and oxygen atoms in total. The summed E-state index contributed by atoms with van der Waals surface area (Å²) in [7, 11) is -0.806. The fourth-order valence-electron chi connectivity index (χ4n) is 4.40. The number of nitrogens with one attached hydrogen (secondary N) is 2. The molecule has 13 heteroatoms. The van der Waals surface area contributed by atoms with E-state index >= 15 is 0 Å². The number of nitrogens with zero attached hydrogens (tertiary/aromatic N) is 4. The minimum Gasteiger partial charge on any atom is -0.486 e. The number of aliphatic hydroxyl groups is 1. The van der Waals surface area contributed by atoms with Gasteiger partial charge >= 0.3 is 6.03 Å². The lowest BCUT2D eigenvalue weighted by atomic mass is 9.99. The van der Waals surface area contributed by atoms with Gasteiger partial charge in [-0.25, -0.2) is 18.2 Å². The Morgan fingerprint density at radius 3 is 2.58 bits per heavy atom. The molecule has 40 heavy (non-hydrogen) atoms. The zero-order chi connectivity index (χ0) is 29.0. The van der Waals surface area contributed by atoms with Crippen LogP contribution in [0.5, 0.6) is 5.75 Å². The van der Waals surface area contributed by atoms with Crippen molar-refractivity contribution in [2.45, 2.75) is 31.0 Å². The smallest absolute Gasteiger partial charge is 0.323 e. The van der Waals surface area contributed by atoms with Gasteiger partial charge in [0, 0.05) is 38.4 Å². The monoisotopic (exact) mass is 570 g/mol. The number of likely N-dealkylation sites (N-methyl/N-ethyl adjacent to an activating group) is 1. The summed E-state index contributed by atoms with van der Waals surface area (Å²) in [5.41, 5.74) is 1.00. The van der Waals surface area contributed by atoms with Gasteiger partial charge in [-0.1, -0.05) is 31.2 Å². The number of aromatic nitrogens is 2. The van der Waals surface area contributed by atoms with Crippen molar-refractivity contribution in [2.75, 3.05) is 37.4 Å². The maximum atomic E-state index is 13.6. The number of carbonyl (C=O) groups is 2. The fraction of sp³-hybridized carbons (Fsp3) is 0.370. The average Bonchev–Trinajstić information content (AvgIpc) is 3.38. The molecule has 0 aliphatic carbocycles. The third-order valence-corrected chi connectivity index (χ3v) is 8.47. The number of urea groups is 1. The first kappa shape index (κ1) is 29.1. The average molecular weight is 571 g/mol. The summed E-state index contributed by atoms with van der Waals surface area (Å²) in [6.07, 6.45) is 2.11. The molecule has 1 aromatic heterocycles. The molecule has 2 heterocycles. The number of hydrogen-bond acceptors (Lipinski definition) is 7. The number of anilines is 2. The molecule has 1 aliphatic heterocycles. The lowest BCUT2D eigenvalue weighted by molar-refractivity contribution is 0.0389. The summed E-state index contributed by atoms with van der Waals surface area (Å²) >= 11 is 0. The molecule has 0 saturated heterocycles. The lowest BCUT2D eigenvalue weighted by Crippen LogP contribution is -2.50. The number of carbonyl (C=O) groups excluding carboxylic acids is 2. The van der Waals surface area contributed by atoms with Crippen LogP contribution in [0, 0.1) is 5.92 Å². The maximum Gasteiger partial charge on any atom is 0.323 e. The van der Waals surface area contributed by atoms with Crippen LogP contribution < -0.4 is 15.4 Å². The van der Waals surface area contributed by atoms with Crippen molar-refractivity contribution >= 4 is 33.3 Å². The number of sulfonamides is 1. The van der Waals surface area contributed by atoms with Crippen molar-refractivity contribution in [2.24, 2.45) is 13.0 Å². The highest BCUT2D eigenvalue weighted by Gasteiger charge is 2.36. The van der Waals surface area contributed by atoms with Crippen molar-refractivity contribution in [3.63, 3.8) is 0 Å². The second-order valence-electron chi connectivity index (χ2n) is 9.91. The Hall–Kier alpha value is -3.94. The Morgan fingerprint density at radius 1 is 1.20 bits per heavy atom. The summed E-state index contributed by atoms with van der Waals surface area (Å²) in [6, 6.07) is 12.6. The van der Waals surface area contributed by atoms with Crippen LogP contribution in [0.3, 0.4) is 0 Å². The quantitative estimate of drug-likeness (QED) is 0.377. The zero-order valence-electron chi connectivity index (χ0n) is 22.8. The topological polar surface area (TPSA) is 146 Å². The number of hydrogen-bond donors (Lipinski definition) is 3. The second kappa shape index (κ2) is 12.1. The van der Waals surface area contributed by atoms with Crippen LogP contribution in [0.15, 0.2) is 66.1 Å². The molecule has 0 spiro atoms. The minimum atomic E-state index is -3.93. The first-order valence-corrected chi connectivity index (χ1v) is 14.2. The third kappa shape index (κ3) is 6.27. The molecular formula is C27H34N6O6S. The van der Waals surface area contributed by atoms with Gasteiger partial charge in [-0.05, 0) is 31.2 Å². The van der Waals surface area contributed by atoms with Gasteiger partial charge in [0.05, 0.1) is 36.8 Å². The highest BCUT2D eigenvalue weighted by Crippen LogP contribution is 2.35. The van der Waals surface area contributed by atoms with Crippen LogP contribution in [0.4, 0.5) is 16.2 Å². The van der Waals surface area contributed by atoms with Gasteiger partial charge in [0.2, 0.25) is 0 Å². The summed E-state index contributed by atoms with van der Waals surface area (Å²) < 4.78 is 35.5. The maximum absolute atomic E-state index is 13.6. The lowest BCUT2D eigenvalue weighted by Gasteiger charge is -2.38. The van der Waals surface area contributed by atoms with E-state index in [1.54, 1.807) is 65.9 Å². The fourth-order valence-corrected chi connectivity index (χ4v) is 5.54. The number of aliphatic hydroxyl groups excluding tert-OH is 1. The molecule has 1 aliphatic rings. The highest BCUT2D eigenvalue weighted by molar-refractivity contribution is 7.89. The Balaban J connectivity index is 1.69. The van der Waals surface area contributed by atoms with E-state index in [4.69, 9.17) is 4.74 Å². The zero-order valence-corrected chi connectivity index (χ0v) is 23.6. The molecule has 0 saturated carbocycles. The standard InChI is InChI=1S/C27H34N6O6S/c1-18-13-33(19(2)16-34)26(35)21-11-8-12-22(30-27(36)29-20-9-6-5-7-10-20)25(21)39-23(18)14-32(4)40(37,38)24-15-31(3)17-28-24/h5-12,15,17-19,23,34H,13-14,16H2,1-4H3,(H2,29,30,36)/t18-,19-,23-/m0/s1. The summed E-state index contributed by atoms with van der Waals surface area (Å²) in [5, 5.41) is 15.3. The van der Waals surface area contributed by atoms with Crippen LogP contribution >= 0.6 is 0 Å². The first-order valence-electron chi connectivity index (χ1n) is 12.8. The Kier molecular flexibility index (Phi) is 8.76. The molecule has 3 N–H and O–H groups in total. The molecule has 3 atom stereocenters. The highest BCUT2D eigenvalue weighted by atomic mass is 32.2. The van der Waals surface area contributed by atoms with Crippen molar-refractivity contribution in [1.29, 1.82) is 0 Å². The van der Waals surface area contributed by atoms with Crippen LogP contribution in [-0.4, -0.2) is 83.1 Å². The van der Waals surface area contributed by atoms with Crippen LogP contribution in [0.2, 0.25) is 0 Å². The normalized spacial score (nSPS) is 18.4. The number of benzene rings is 2. The van der Waals surface area contributed by atoms with E-state index in [1.807, 2.05) is 13.0 Å². The summed E-state index contributed by atoms with van der Waals surface area (Å²) in [4.78, 5) is 32.0. The van der Waals surface area contributed by atoms with Crippen molar-refractivity contribution in [3.05, 3.63) is 66.6 Å². The van der Waals surface area contributed by atoms with Gasteiger partial charge in [0.1, 0.15) is 6.10 Å². The third-order valence-electron chi connectivity index (χ3n) is 6.76. The molecule has 3 aromatic rings. The largest absolute Gasteiger partial charge is 0.486 e. The molecule has 214 valence electrons.